The summed E-state index contributed by atoms with van der Waals surface area (Å²) >= 11 is 0. The fourth-order valence-electron chi connectivity index (χ4n) is 2.11. The van der Waals surface area contributed by atoms with Crippen molar-refractivity contribution >= 4 is 32.4 Å². The highest BCUT2D eigenvalue weighted by atomic mass is 32.2. The number of carbonyl (C=O) groups excluding carboxylic acids is 2. The number of methoxy groups -OCH3 is 1. The second-order valence-electron chi connectivity index (χ2n) is 5.20. The predicted molar refractivity (Wildman–Crippen MR) is 92.9 cm³/mol. The Balaban J connectivity index is 2.21. The predicted octanol–water partition coefficient (Wildman–Crippen LogP) is 1.87. The number of hydrogen-bond acceptors (Lipinski definition) is 6. The van der Waals surface area contributed by atoms with Gasteiger partial charge in [-0.25, -0.2) is 13.2 Å². The van der Waals surface area contributed by atoms with E-state index in [9.17, 15) is 22.2 Å². The molecule has 6 nitrogen and oxygen atoms in total. The highest BCUT2D eigenvalue weighted by molar-refractivity contribution is 7.90. The molecule has 8 heteroatoms. The molecule has 2 rings (SSSR count). The highest BCUT2D eigenvalue weighted by Gasteiger charge is 2.19. The summed E-state index contributed by atoms with van der Waals surface area (Å²) in [5.41, 5.74) is 0.389. The normalized spacial score (nSPS) is 12.4. The van der Waals surface area contributed by atoms with Crippen molar-refractivity contribution in [3.63, 3.8) is 0 Å². The first-order valence-electron chi connectivity index (χ1n) is 7.13. The first-order valence-corrected chi connectivity index (χ1v) is 10.3. The minimum absolute atomic E-state index is 0.0983. The van der Waals surface area contributed by atoms with Crippen molar-refractivity contribution in [2.24, 2.45) is 0 Å². The van der Waals surface area contributed by atoms with Crippen LogP contribution >= 0.6 is 0 Å². The highest BCUT2D eigenvalue weighted by Crippen LogP contribution is 2.17. The van der Waals surface area contributed by atoms with Crippen molar-refractivity contribution in [2.45, 2.75) is 9.79 Å². The van der Waals surface area contributed by atoms with E-state index in [2.05, 4.69) is 4.74 Å². The second kappa shape index (κ2) is 7.71. The van der Waals surface area contributed by atoms with Crippen LogP contribution in [0.1, 0.15) is 20.7 Å². The molecule has 0 radical (unpaired) electrons. The van der Waals surface area contributed by atoms with Gasteiger partial charge >= 0.3 is 5.97 Å². The fourth-order valence-corrected chi connectivity index (χ4v) is 3.93. The summed E-state index contributed by atoms with van der Waals surface area (Å²) < 4.78 is 40.0. The van der Waals surface area contributed by atoms with Crippen LogP contribution in [-0.4, -0.2) is 43.5 Å². The molecule has 0 fully saturated rings. The Morgan fingerprint density at radius 1 is 1.04 bits per heavy atom. The Morgan fingerprint density at radius 3 is 2.20 bits per heavy atom. The molecule has 25 heavy (non-hydrogen) atoms. The van der Waals surface area contributed by atoms with Crippen LogP contribution in [0.5, 0.6) is 0 Å². The summed E-state index contributed by atoms with van der Waals surface area (Å²) in [6, 6.07) is 11.6. The number of benzene rings is 2. The first kappa shape index (κ1) is 19.0. The maximum absolute atomic E-state index is 12.5. The smallest absolute Gasteiger partial charge is 0.339 e. The zero-order chi connectivity index (χ0) is 18.6. The summed E-state index contributed by atoms with van der Waals surface area (Å²) in [6.07, 6.45) is 1.07. The number of rotatable bonds is 6. The van der Waals surface area contributed by atoms with Crippen LogP contribution in [0, 0.1) is 0 Å². The van der Waals surface area contributed by atoms with Gasteiger partial charge in [-0.2, -0.15) is 0 Å². The van der Waals surface area contributed by atoms with Gasteiger partial charge in [0.05, 0.1) is 39.0 Å². The van der Waals surface area contributed by atoms with E-state index in [-0.39, 0.29) is 26.7 Å². The van der Waals surface area contributed by atoms with Crippen LogP contribution in [0.2, 0.25) is 0 Å². The van der Waals surface area contributed by atoms with Gasteiger partial charge < -0.3 is 4.74 Å². The number of ether oxygens (including phenoxy) is 1. The van der Waals surface area contributed by atoms with Crippen LogP contribution in [0.3, 0.4) is 0 Å². The number of esters is 1. The molecule has 0 saturated carbocycles. The molecule has 1 atom stereocenters. The van der Waals surface area contributed by atoms with Crippen molar-refractivity contribution < 1.29 is 27.0 Å². The van der Waals surface area contributed by atoms with Crippen molar-refractivity contribution in [3.05, 3.63) is 59.7 Å². The van der Waals surface area contributed by atoms with Gasteiger partial charge in [-0.15, -0.1) is 0 Å². The Morgan fingerprint density at radius 2 is 1.64 bits per heavy atom. The average molecular weight is 380 g/mol. The summed E-state index contributed by atoms with van der Waals surface area (Å²) in [4.78, 5) is 24.3. The van der Waals surface area contributed by atoms with Gasteiger partial charge in [0, 0.05) is 11.8 Å². The van der Waals surface area contributed by atoms with Gasteiger partial charge in [-0.1, -0.05) is 24.3 Å². The molecule has 2 aromatic rings. The minimum atomic E-state index is -3.35. The molecule has 0 bridgehead atoms. The number of carbonyl (C=O) groups is 2. The van der Waals surface area contributed by atoms with E-state index in [1.807, 2.05) is 0 Å². The molecule has 0 aromatic heterocycles. The third kappa shape index (κ3) is 4.61. The summed E-state index contributed by atoms with van der Waals surface area (Å²) in [5.74, 6) is -1.38. The van der Waals surface area contributed by atoms with Gasteiger partial charge in [0.2, 0.25) is 0 Å². The molecule has 2 aromatic carbocycles. The molecule has 0 heterocycles. The monoisotopic (exact) mass is 380 g/mol. The van der Waals surface area contributed by atoms with Gasteiger partial charge in [-0.3, -0.25) is 9.00 Å². The van der Waals surface area contributed by atoms with E-state index < -0.39 is 32.4 Å². The number of Topliss-reactive ketones (excluding diaryl/α,β-unsaturated/α-hetero) is 1. The van der Waals surface area contributed by atoms with Crippen molar-refractivity contribution in [1.82, 2.24) is 0 Å². The SMILES string of the molecule is COC(=O)c1ccccc1S(=O)CC(=O)c1ccc(S(C)(=O)=O)cc1. The Kier molecular flexibility index (Phi) is 5.86. The van der Waals surface area contributed by atoms with Gasteiger partial charge in [0.15, 0.2) is 15.6 Å². The minimum Gasteiger partial charge on any atom is -0.465 e. The van der Waals surface area contributed by atoms with Crippen LogP contribution < -0.4 is 0 Å². The third-order valence-corrected chi connectivity index (χ3v) is 5.90. The molecular weight excluding hydrogens is 364 g/mol. The molecule has 0 saturated heterocycles. The van der Waals surface area contributed by atoms with E-state index in [0.29, 0.717) is 0 Å². The Bertz CT molecular complexity index is 930. The molecule has 0 spiro atoms. The molecule has 0 aliphatic heterocycles. The largest absolute Gasteiger partial charge is 0.465 e. The van der Waals surface area contributed by atoms with Crippen LogP contribution in [0.15, 0.2) is 58.3 Å². The molecule has 0 aliphatic carbocycles. The van der Waals surface area contributed by atoms with Crippen molar-refractivity contribution in [3.8, 4) is 0 Å². The van der Waals surface area contributed by atoms with E-state index in [1.165, 1.54) is 43.5 Å². The van der Waals surface area contributed by atoms with E-state index >= 15 is 0 Å². The maximum atomic E-state index is 12.5. The van der Waals surface area contributed by atoms with Crippen molar-refractivity contribution in [1.29, 1.82) is 0 Å². The van der Waals surface area contributed by atoms with Gasteiger partial charge in [0.25, 0.3) is 0 Å². The van der Waals surface area contributed by atoms with Gasteiger partial charge in [-0.05, 0) is 24.3 Å². The van der Waals surface area contributed by atoms with Crippen LogP contribution in [-0.2, 0) is 25.4 Å². The third-order valence-electron chi connectivity index (χ3n) is 3.40. The van der Waals surface area contributed by atoms with E-state index in [1.54, 1.807) is 12.1 Å². The zero-order valence-corrected chi connectivity index (χ0v) is 15.2. The fraction of sp³-hybridized carbons (Fsp3) is 0.176. The zero-order valence-electron chi connectivity index (χ0n) is 13.6. The molecule has 1 unspecified atom stereocenters. The summed E-state index contributed by atoms with van der Waals surface area (Å²) in [5, 5.41) is 0. The van der Waals surface area contributed by atoms with E-state index in [0.717, 1.165) is 6.26 Å². The lowest BCUT2D eigenvalue weighted by molar-refractivity contribution is 0.0596. The van der Waals surface area contributed by atoms with Gasteiger partial charge in [0.1, 0.15) is 0 Å². The number of hydrogen-bond donors (Lipinski definition) is 0. The molecule has 0 aliphatic rings. The first-order chi connectivity index (χ1) is 11.7. The van der Waals surface area contributed by atoms with Crippen LogP contribution in [0.25, 0.3) is 0 Å². The lowest BCUT2D eigenvalue weighted by Gasteiger charge is -2.07. The lowest BCUT2D eigenvalue weighted by atomic mass is 10.1. The Hall–Kier alpha value is -2.32. The molecular formula is C17H16O6S2. The Labute approximate surface area is 148 Å². The summed E-state index contributed by atoms with van der Waals surface area (Å²) in [6.45, 7) is 0. The second-order valence-corrected chi connectivity index (χ2v) is 8.63. The van der Waals surface area contributed by atoms with Crippen LogP contribution in [0.4, 0.5) is 0 Å². The average Bonchev–Trinajstić information content (AvgIpc) is 2.60. The summed E-state index contributed by atoms with van der Waals surface area (Å²) in [7, 11) is -3.87. The maximum Gasteiger partial charge on any atom is 0.339 e. The lowest BCUT2D eigenvalue weighted by Crippen LogP contribution is -2.14. The quantitative estimate of drug-likeness (QED) is 0.561. The topological polar surface area (TPSA) is 94.6 Å². The van der Waals surface area contributed by atoms with E-state index in [4.69, 9.17) is 0 Å². The number of ketones is 1. The molecule has 132 valence electrons. The standard InChI is InChI=1S/C17H16O6S2/c1-23-17(19)14-5-3-4-6-16(14)24(20)11-15(18)12-7-9-13(10-8-12)25(2,21)22/h3-10H,11H2,1-2H3. The van der Waals surface area contributed by atoms with Crippen molar-refractivity contribution in [2.75, 3.05) is 19.1 Å². The molecule has 0 amide bonds. The molecule has 0 N–H and O–H groups in total. The number of sulfone groups is 1.